The smallest absolute Gasteiger partial charge is 0.295 e. The van der Waals surface area contributed by atoms with Crippen LogP contribution in [-0.2, 0) is 0 Å². The van der Waals surface area contributed by atoms with Crippen LogP contribution in [0.2, 0.25) is 0 Å². The number of hydrogen-bond donors (Lipinski definition) is 2. The number of nitrogens with one attached hydrogen (secondary N) is 1. The van der Waals surface area contributed by atoms with Crippen LogP contribution >= 0.6 is 0 Å². The summed E-state index contributed by atoms with van der Waals surface area (Å²) >= 11 is 0. The maximum absolute atomic E-state index is 5.71. The Morgan fingerprint density at radius 3 is 2.78 bits per heavy atom. The highest BCUT2D eigenvalue weighted by Crippen LogP contribution is 2.22. The molecule has 98 valence electrons. The molecule has 0 aliphatic heterocycles. The quantitative estimate of drug-likeness (QED) is 0.792. The van der Waals surface area contributed by atoms with E-state index < -0.39 is 0 Å². The lowest BCUT2D eigenvalue weighted by molar-refractivity contribution is 0.515. The third-order valence-electron chi connectivity index (χ3n) is 2.96. The van der Waals surface area contributed by atoms with E-state index in [1.165, 1.54) is 6.42 Å². The Labute approximate surface area is 108 Å². The molecule has 0 fully saturated rings. The molecule has 1 aromatic carbocycles. The first-order chi connectivity index (χ1) is 8.54. The molecule has 0 bridgehead atoms. The molecule has 0 aliphatic carbocycles. The van der Waals surface area contributed by atoms with Gasteiger partial charge in [0.1, 0.15) is 5.52 Å². The molecule has 0 amide bonds. The fourth-order valence-electron chi connectivity index (χ4n) is 1.87. The normalized spacial score (nSPS) is 13.1. The summed E-state index contributed by atoms with van der Waals surface area (Å²) in [6, 6.07) is 6.44. The number of fused-ring (bicyclic) bond motifs is 1. The van der Waals surface area contributed by atoms with Gasteiger partial charge in [-0.1, -0.05) is 13.8 Å². The SMILES string of the molecule is CC(C)CCC(C)Nc1nc2ccc(N)cc2o1. The maximum atomic E-state index is 5.71. The second kappa shape index (κ2) is 5.29. The lowest BCUT2D eigenvalue weighted by atomic mass is 10.0. The van der Waals surface area contributed by atoms with Crippen molar-refractivity contribution < 1.29 is 4.42 Å². The Morgan fingerprint density at radius 2 is 2.06 bits per heavy atom. The van der Waals surface area contributed by atoms with Crippen LogP contribution in [0.4, 0.5) is 11.7 Å². The minimum atomic E-state index is 0.359. The van der Waals surface area contributed by atoms with E-state index in [1.54, 1.807) is 6.07 Å². The molecule has 0 saturated heterocycles. The van der Waals surface area contributed by atoms with E-state index in [0.717, 1.165) is 23.4 Å². The van der Waals surface area contributed by atoms with Crippen LogP contribution in [0.3, 0.4) is 0 Å². The Morgan fingerprint density at radius 1 is 1.28 bits per heavy atom. The van der Waals surface area contributed by atoms with Gasteiger partial charge in [-0.05, 0) is 37.8 Å². The number of nitrogen functional groups attached to an aromatic ring is 1. The molecular weight excluding hydrogens is 226 g/mol. The lowest BCUT2D eigenvalue weighted by Crippen LogP contribution is -2.15. The van der Waals surface area contributed by atoms with Crippen molar-refractivity contribution in [2.75, 3.05) is 11.1 Å². The van der Waals surface area contributed by atoms with Gasteiger partial charge in [0.25, 0.3) is 6.01 Å². The molecule has 1 heterocycles. The van der Waals surface area contributed by atoms with E-state index in [1.807, 2.05) is 12.1 Å². The predicted octanol–water partition coefficient (Wildman–Crippen LogP) is 3.65. The van der Waals surface area contributed by atoms with Gasteiger partial charge in [-0.2, -0.15) is 4.98 Å². The van der Waals surface area contributed by atoms with Gasteiger partial charge in [0, 0.05) is 17.8 Å². The second-order valence-electron chi connectivity index (χ2n) is 5.26. The van der Waals surface area contributed by atoms with Crippen molar-refractivity contribution in [1.29, 1.82) is 0 Å². The van der Waals surface area contributed by atoms with Crippen molar-refractivity contribution in [3.05, 3.63) is 18.2 Å². The highest BCUT2D eigenvalue weighted by atomic mass is 16.4. The van der Waals surface area contributed by atoms with Crippen LogP contribution in [0.25, 0.3) is 11.1 Å². The average molecular weight is 247 g/mol. The minimum absolute atomic E-state index is 0.359. The number of anilines is 2. The average Bonchev–Trinajstić information content (AvgIpc) is 2.67. The van der Waals surface area contributed by atoms with E-state index in [9.17, 15) is 0 Å². The van der Waals surface area contributed by atoms with Crippen molar-refractivity contribution in [3.63, 3.8) is 0 Å². The van der Waals surface area contributed by atoms with Gasteiger partial charge >= 0.3 is 0 Å². The number of nitrogens with zero attached hydrogens (tertiary/aromatic N) is 1. The Hall–Kier alpha value is -1.71. The summed E-state index contributed by atoms with van der Waals surface area (Å²) in [4.78, 5) is 4.39. The number of oxazole rings is 1. The molecule has 4 nitrogen and oxygen atoms in total. The molecule has 4 heteroatoms. The van der Waals surface area contributed by atoms with Crippen molar-refractivity contribution in [3.8, 4) is 0 Å². The third kappa shape index (κ3) is 3.15. The molecule has 1 atom stereocenters. The Balaban J connectivity index is 2.03. The van der Waals surface area contributed by atoms with Crippen molar-refractivity contribution in [1.82, 2.24) is 4.98 Å². The van der Waals surface area contributed by atoms with Crippen LogP contribution in [0.5, 0.6) is 0 Å². The summed E-state index contributed by atoms with van der Waals surface area (Å²) in [5, 5.41) is 3.29. The van der Waals surface area contributed by atoms with Crippen LogP contribution < -0.4 is 11.1 Å². The number of nitrogens with two attached hydrogens (primary N) is 1. The molecule has 1 aromatic heterocycles. The van der Waals surface area contributed by atoms with Gasteiger partial charge < -0.3 is 15.5 Å². The predicted molar refractivity (Wildman–Crippen MR) is 75.6 cm³/mol. The van der Waals surface area contributed by atoms with Crippen LogP contribution in [0.1, 0.15) is 33.6 Å². The monoisotopic (exact) mass is 247 g/mol. The molecule has 3 N–H and O–H groups in total. The van der Waals surface area contributed by atoms with Crippen LogP contribution in [-0.4, -0.2) is 11.0 Å². The largest absolute Gasteiger partial charge is 0.423 e. The molecule has 0 radical (unpaired) electrons. The van der Waals surface area contributed by atoms with E-state index in [-0.39, 0.29) is 0 Å². The molecule has 0 saturated carbocycles. The van der Waals surface area contributed by atoms with Crippen molar-refractivity contribution in [2.45, 2.75) is 39.7 Å². The van der Waals surface area contributed by atoms with Gasteiger partial charge in [0.15, 0.2) is 5.58 Å². The third-order valence-corrected chi connectivity index (χ3v) is 2.96. The fourth-order valence-corrected chi connectivity index (χ4v) is 1.87. The number of hydrogen-bond acceptors (Lipinski definition) is 4. The van der Waals surface area contributed by atoms with E-state index in [2.05, 4.69) is 31.1 Å². The van der Waals surface area contributed by atoms with Gasteiger partial charge in [0.05, 0.1) is 0 Å². The first kappa shape index (κ1) is 12.7. The molecule has 0 aliphatic rings. The molecule has 0 spiro atoms. The van der Waals surface area contributed by atoms with Crippen molar-refractivity contribution >= 4 is 22.8 Å². The lowest BCUT2D eigenvalue weighted by Gasteiger charge is -2.12. The van der Waals surface area contributed by atoms with Gasteiger partial charge in [-0.3, -0.25) is 0 Å². The second-order valence-corrected chi connectivity index (χ2v) is 5.26. The Kier molecular flexibility index (Phi) is 3.75. The molecule has 2 rings (SSSR count). The zero-order chi connectivity index (χ0) is 13.1. The standard InChI is InChI=1S/C14H21N3O/c1-9(2)4-5-10(3)16-14-17-12-7-6-11(15)8-13(12)18-14/h6-10H,4-5,15H2,1-3H3,(H,16,17). The van der Waals surface area contributed by atoms with E-state index in [4.69, 9.17) is 10.2 Å². The van der Waals surface area contributed by atoms with Gasteiger partial charge in [-0.15, -0.1) is 0 Å². The zero-order valence-corrected chi connectivity index (χ0v) is 11.2. The van der Waals surface area contributed by atoms with E-state index in [0.29, 0.717) is 17.7 Å². The maximum Gasteiger partial charge on any atom is 0.295 e. The molecule has 1 unspecified atom stereocenters. The fraction of sp³-hybridized carbons (Fsp3) is 0.500. The highest BCUT2D eigenvalue weighted by molar-refractivity contribution is 5.78. The molecular formula is C14H21N3O. The molecule has 2 aromatic rings. The minimum Gasteiger partial charge on any atom is -0.423 e. The summed E-state index contributed by atoms with van der Waals surface area (Å²) in [5.41, 5.74) is 7.97. The summed E-state index contributed by atoms with van der Waals surface area (Å²) in [6.45, 7) is 6.61. The van der Waals surface area contributed by atoms with Crippen molar-refractivity contribution in [2.24, 2.45) is 5.92 Å². The Bertz CT molecular complexity index is 519. The van der Waals surface area contributed by atoms with Crippen LogP contribution in [0.15, 0.2) is 22.6 Å². The highest BCUT2D eigenvalue weighted by Gasteiger charge is 2.09. The number of benzene rings is 1. The summed E-state index contributed by atoms with van der Waals surface area (Å²) in [7, 11) is 0. The topological polar surface area (TPSA) is 64.1 Å². The van der Waals surface area contributed by atoms with Gasteiger partial charge in [-0.25, -0.2) is 0 Å². The zero-order valence-electron chi connectivity index (χ0n) is 11.2. The first-order valence-electron chi connectivity index (χ1n) is 6.47. The summed E-state index contributed by atoms with van der Waals surface area (Å²) < 4.78 is 5.62. The summed E-state index contributed by atoms with van der Waals surface area (Å²) in [5.74, 6) is 0.720. The number of aromatic nitrogens is 1. The summed E-state index contributed by atoms with van der Waals surface area (Å²) in [6.07, 6.45) is 2.31. The number of rotatable bonds is 5. The van der Waals surface area contributed by atoms with E-state index >= 15 is 0 Å². The van der Waals surface area contributed by atoms with Gasteiger partial charge in [0.2, 0.25) is 0 Å². The molecule has 18 heavy (non-hydrogen) atoms. The first-order valence-corrected chi connectivity index (χ1v) is 6.47. The van der Waals surface area contributed by atoms with Crippen LogP contribution in [0, 0.1) is 5.92 Å².